The third kappa shape index (κ3) is 2.68. The van der Waals surface area contributed by atoms with Crippen molar-refractivity contribution in [1.29, 1.82) is 0 Å². The van der Waals surface area contributed by atoms with E-state index in [2.05, 4.69) is 34.4 Å². The van der Waals surface area contributed by atoms with Crippen molar-refractivity contribution in [2.45, 2.75) is 6.42 Å². The summed E-state index contributed by atoms with van der Waals surface area (Å²) in [6.45, 7) is 4.02. The highest BCUT2D eigenvalue weighted by Gasteiger charge is 2.07. The summed E-state index contributed by atoms with van der Waals surface area (Å²) in [5, 5.41) is 2.74. The molecule has 0 amide bonds. The molecule has 2 nitrogen and oxygen atoms in total. The molecule has 3 heteroatoms. The second-order valence-corrected chi connectivity index (χ2v) is 5.29. The predicted molar refractivity (Wildman–Crippen MR) is 79.7 cm³/mol. The lowest BCUT2D eigenvalue weighted by Crippen LogP contribution is -2.24. The smallest absolute Gasteiger partial charge is 0.0944 e. The quantitative estimate of drug-likeness (QED) is 0.673. The Bertz CT molecular complexity index is 775. The second kappa shape index (κ2) is 5.27. The van der Waals surface area contributed by atoms with Crippen molar-refractivity contribution < 1.29 is 0 Å². The zero-order valence-electron chi connectivity index (χ0n) is 10.3. The molecule has 0 radical (unpaired) electrons. The number of hydrogen-bond acceptors (Lipinski definition) is 3. The minimum atomic E-state index is 0.769. The summed E-state index contributed by atoms with van der Waals surface area (Å²) >= 11 is 1.58. The summed E-state index contributed by atoms with van der Waals surface area (Å²) in [6.07, 6.45) is 14.6. The predicted octanol–water partition coefficient (Wildman–Crippen LogP) is 2.63. The Labute approximate surface area is 116 Å². The first-order chi connectivity index (χ1) is 9.33. The Balaban J connectivity index is 2.18. The van der Waals surface area contributed by atoms with Gasteiger partial charge in [0, 0.05) is 11.1 Å². The third-order valence-electron chi connectivity index (χ3n) is 2.87. The fraction of sp³-hybridized carbons (Fsp3) is 0.0625. The van der Waals surface area contributed by atoms with Crippen LogP contribution in [-0.2, 0) is 0 Å². The van der Waals surface area contributed by atoms with Gasteiger partial charge in [-0.3, -0.25) is 4.98 Å². The van der Waals surface area contributed by atoms with Crippen molar-refractivity contribution in [1.82, 2.24) is 4.98 Å². The molecule has 1 aromatic heterocycles. The zero-order valence-corrected chi connectivity index (χ0v) is 11.2. The van der Waals surface area contributed by atoms with Gasteiger partial charge >= 0.3 is 0 Å². The molecule has 3 rings (SSSR count). The van der Waals surface area contributed by atoms with Gasteiger partial charge in [-0.15, -0.1) is 5.73 Å². The van der Waals surface area contributed by atoms with E-state index >= 15 is 0 Å². The fourth-order valence-electron chi connectivity index (χ4n) is 1.95. The molecule has 1 aromatic rings. The lowest BCUT2D eigenvalue weighted by Gasteiger charge is -2.04. The molecule has 0 bridgehead atoms. The Kier molecular flexibility index (Phi) is 3.32. The van der Waals surface area contributed by atoms with E-state index in [1.165, 1.54) is 5.57 Å². The van der Waals surface area contributed by atoms with Crippen LogP contribution < -0.4 is 10.6 Å². The summed E-state index contributed by atoms with van der Waals surface area (Å²) in [5.74, 6) is 0. The van der Waals surface area contributed by atoms with Crippen LogP contribution in [0.2, 0.25) is 0 Å². The topological polar surface area (TPSA) is 25.2 Å². The zero-order chi connectivity index (χ0) is 13.1. The van der Waals surface area contributed by atoms with E-state index in [-0.39, 0.29) is 0 Å². The molecule has 0 saturated heterocycles. The molecule has 0 atom stereocenters. The van der Waals surface area contributed by atoms with E-state index < -0.39 is 0 Å². The normalized spacial score (nSPS) is 19.2. The minimum absolute atomic E-state index is 0.769. The Hall–Kier alpha value is -2.09. The molecule has 0 unspecified atom stereocenters. The number of fused-ring (bicyclic) bond motifs is 1. The molecule has 0 aromatic carbocycles. The van der Waals surface area contributed by atoms with Gasteiger partial charge in [-0.25, -0.2) is 4.99 Å². The standard InChI is InChI=1S/C16H12N2S/c1-12-18-15-11-17-10-9-13(15)7-8-14-5-3-2-4-6-16(14)19-12/h2-3,5-7,9-11H,1,8H2/b13-7-,18-15?. The minimum Gasteiger partial charge on any atom is -0.262 e. The summed E-state index contributed by atoms with van der Waals surface area (Å²) in [7, 11) is 0. The van der Waals surface area contributed by atoms with E-state index in [1.807, 2.05) is 24.3 Å². The molecular formula is C16H12N2S. The lowest BCUT2D eigenvalue weighted by molar-refractivity contribution is 1.18. The van der Waals surface area contributed by atoms with Gasteiger partial charge in [0.05, 0.1) is 16.6 Å². The highest BCUT2D eigenvalue weighted by molar-refractivity contribution is 8.06. The molecule has 19 heavy (non-hydrogen) atoms. The first-order valence-corrected chi connectivity index (χ1v) is 6.82. The summed E-state index contributed by atoms with van der Waals surface area (Å²) in [5.41, 5.74) is 4.39. The average Bonchev–Trinajstić information content (AvgIpc) is 2.59. The summed E-state index contributed by atoms with van der Waals surface area (Å²) in [4.78, 5) is 9.81. The lowest BCUT2D eigenvalue weighted by atomic mass is 10.1. The number of allylic oxidation sites excluding steroid dienone is 4. The van der Waals surface area contributed by atoms with Crippen molar-refractivity contribution in [3.8, 4) is 0 Å². The van der Waals surface area contributed by atoms with Crippen molar-refractivity contribution in [2.24, 2.45) is 4.99 Å². The Morgan fingerprint density at radius 1 is 1.37 bits per heavy atom. The second-order valence-electron chi connectivity index (χ2n) is 4.18. The van der Waals surface area contributed by atoms with Gasteiger partial charge in [0.2, 0.25) is 0 Å². The highest BCUT2D eigenvalue weighted by atomic mass is 32.2. The van der Waals surface area contributed by atoms with Crippen molar-refractivity contribution in [3.05, 3.63) is 81.2 Å². The molecule has 1 aliphatic heterocycles. The summed E-state index contributed by atoms with van der Waals surface area (Å²) < 4.78 is 0. The molecule has 2 aliphatic rings. The van der Waals surface area contributed by atoms with Gasteiger partial charge in [0.15, 0.2) is 0 Å². The van der Waals surface area contributed by atoms with Crippen LogP contribution in [0.1, 0.15) is 6.42 Å². The molecule has 92 valence electrons. The Morgan fingerprint density at radius 3 is 3.26 bits per heavy atom. The molecule has 0 spiro atoms. The first-order valence-electron chi connectivity index (χ1n) is 6.01. The summed E-state index contributed by atoms with van der Waals surface area (Å²) in [6, 6.07) is 1.98. The maximum atomic E-state index is 4.54. The van der Waals surface area contributed by atoms with Gasteiger partial charge in [-0.1, -0.05) is 36.6 Å². The van der Waals surface area contributed by atoms with Gasteiger partial charge in [0.25, 0.3) is 0 Å². The van der Waals surface area contributed by atoms with E-state index in [0.29, 0.717) is 0 Å². The monoisotopic (exact) mass is 264 g/mol. The number of nitrogens with zero attached hydrogens (tertiary/aromatic N) is 2. The van der Waals surface area contributed by atoms with Crippen LogP contribution in [0.3, 0.4) is 0 Å². The van der Waals surface area contributed by atoms with Crippen LogP contribution in [0.5, 0.6) is 0 Å². The number of pyridine rings is 1. The van der Waals surface area contributed by atoms with E-state index in [1.54, 1.807) is 24.2 Å². The molecular weight excluding hydrogens is 252 g/mol. The van der Waals surface area contributed by atoms with E-state index in [0.717, 1.165) is 26.9 Å². The Morgan fingerprint density at radius 2 is 2.32 bits per heavy atom. The maximum Gasteiger partial charge on any atom is 0.0944 e. The maximum absolute atomic E-state index is 4.54. The molecule has 2 heterocycles. The van der Waals surface area contributed by atoms with Crippen LogP contribution in [0.25, 0.3) is 6.08 Å². The molecule has 1 aliphatic carbocycles. The van der Waals surface area contributed by atoms with Crippen LogP contribution in [0.4, 0.5) is 0 Å². The van der Waals surface area contributed by atoms with Crippen LogP contribution in [0.15, 0.2) is 75.6 Å². The van der Waals surface area contributed by atoms with Crippen molar-refractivity contribution >= 4 is 17.8 Å². The van der Waals surface area contributed by atoms with E-state index in [9.17, 15) is 0 Å². The van der Waals surface area contributed by atoms with Crippen LogP contribution >= 0.6 is 11.8 Å². The molecule has 0 N–H and O–H groups in total. The van der Waals surface area contributed by atoms with Gasteiger partial charge in [0.1, 0.15) is 0 Å². The number of aromatic nitrogens is 1. The van der Waals surface area contributed by atoms with Gasteiger partial charge in [-0.05, 0) is 35.4 Å². The van der Waals surface area contributed by atoms with Crippen LogP contribution in [0, 0.1) is 0 Å². The molecule has 0 saturated carbocycles. The van der Waals surface area contributed by atoms with Crippen molar-refractivity contribution in [3.63, 3.8) is 0 Å². The van der Waals surface area contributed by atoms with Crippen LogP contribution in [-0.4, -0.2) is 4.98 Å². The van der Waals surface area contributed by atoms with E-state index in [4.69, 9.17) is 0 Å². The SMILES string of the molecule is C=C1N=c2cncc/c2=C/CC2=C(C=C=CC=C2)S1. The van der Waals surface area contributed by atoms with Gasteiger partial charge < -0.3 is 0 Å². The number of hydrogen-bond donors (Lipinski definition) is 0. The highest BCUT2D eigenvalue weighted by Crippen LogP contribution is 2.31. The number of thioether (sulfide) groups is 1. The average molecular weight is 264 g/mol. The first kappa shape index (κ1) is 12.0. The molecule has 0 fully saturated rings. The largest absolute Gasteiger partial charge is 0.262 e. The fourth-order valence-corrected chi connectivity index (χ4v) is 2.76. The third-order valence-corrected chi connectivity index (χ3v) is 3.80. The number of rotatable bonds is 0. The van der Waals surface area contributed by atoms with Crippen molar-refractivity contribution in [2.75, 3.05) is 0 Å². The van der Waals surface area contributed by atoms with Gasteiger partial charge in [-0.2, -0.15) is 0 Å².